The van der Waals surface area contributed by atoms with Crippen molar-refractivity contribution >= 4 is 11.8 Å². The average molecular weight is 475 g/mol. The summed E-state index contributed by atoms with van der Waals surface area (Å²) >= 11 is 0. The highest BCUT2D eigenvalue weighted by Gasteiger charge is 2.46. The fourth-order valence-electron chi connectivity index (χ4n) is 5.22. The molecule has 0 N–H and O–H groups in total. The predicted octanol–water partition coefficient (Wildman–Crippen LogP) is 4.90. The molecule has 0 spiro atoms. The van der Waals surface area contributed by atoms with Gasteiger partial charge in [-0.2, -0.15) is 13.2 Å². The molecule has 0 atom stereocenters. The van der Waals surface area contributed by atoms with E-state index in [4.69, 9.17) is 4.74 Å². The SMILES string of the molecule is COc1ccccc1C(=O)N1CCCN(C(=O)C2(c3cccc(C(F)(F)F)c3)CCCC2)CC1. The number of hydrogen-bond donors (Lipinski definition) is 0. The lowest BCUT2D eigenvalue weighted by atomic mass is 9.77. The molecule has 1 aliphatic heterocycles. The van der Waals surface area contributed by atoms with E-state index in [1.807, 2.05) is 0 Å². The van der Waals surface area contributed by atoms with Crippen molar-refractivity contribution in [3.8, 4) is 5.75 Å². The number of nitrogens with zero attached hydrogens (tertiary/aromatic N) is 2. The Morgan fingerprint density at radius 2 is 1.56 bits per heavy atom. The molecule has 2 aromatic carbocycles. The van der Waals surface area contributed by atoms with Gasteiger partial charge < -0.3 is 14.5 Å². The van der Waals surface area contributed by atoms with E-state index in [0.717, 1.165) is 25.0 Å². The Morgan fingerprint density at radius 3 is 2.26 bits per heavy atom. The van der Waals surface area contributed by atoms with Gasteiger partial charge in [-0.3, -0.25) is 9.59 Å². The summed E-state index contributed by atoms with van der Waals surface area (Å²) in [4.78, 5) is 30.4. The molecule has 0 unspecified atom stereocenters. The quantitative estimate of drug-likeness (QED) is 0.633. The molecule has 1 saturated heterocycles. The van der Waals surface area contributed by atoms with Crippen LogP contribution in [0.5, 0.6) is 5.75 Å². The Kier molecular flexibility index (Phi) is 6.86. The lowest BCUT2D eigenvalue weighted by Crippen LogP contribution is -2.47. The normalized spacial score (nSPS) is 18.5. The first-order chi connectivity index (χ1) is 16.3. The zero-order chi connectivity index (χ0) is 24.3. The summed E-state index contributed by atoms with van der Waals surface area (Å²) in [6.45, 7) is 1.67. The van der Waals surface area contributed by atoms with E-state index in [0.29, 0.717) is 62.3 Å². The van der Waals surface area contributed by atoms with E-state index >= 15 is 0 Å². The van der Waals surface area contributed by atoms with Gasteiger partial charge in [0.2, 0.25) is 5.91 Å². The number of halogens is 3. The van der Waals surface area contributed by atoms with E-state index in [9.17, 15) is 22.8 Å². The Balaban J connectivity index is 1.54. The Bertz CT molecular complexity index is 1050. The highest BCUT2D eigenvalue weighted by molar-refractivity contribution is 5.97. The third kappa shape index (κ3) is 4.63. The number of rotatable bonds is 4. The molecule has 1 aliphatic carbocycles. The van der Waals surface area contributed by atoms with Crippen molar-refractivity contribution in [2.45, 2.75) is 43.7 Å². The number of amides is 2. The van der Waals surface area contributed by atoms with Crippen LogP contribution in [0.4, 0.5) is 13.2 Å². The van der Waals surface area contributed by atoms with Crippen molar-refractivity contribution in [1.29, 1.82) is 0 Å². The maximum absolute atomic E-state index is 13.8. The van der Waals surface area contributed by atoms with Crippen molar-refractivity contribution in [1.82, 2.24) is 9.80 Å². The monoisotopic (exact) mass is 474 g/mol. The first kappa shape index (κ1) is 24.1. The van der Waals surface area contributed by atoms with Gasteiger partial charge in [0.05, 0.1) is 23.7 Å². The van der Waals surface area contributed by atoms with E-state index in [-0.39, 0.29) is 11.8 Å². The van der Waals surface area contributed by atoms with Gasteiger partial charge in [0.25, 0.3) is 5.91 Å². The molecule has 2 fully saturated rings. The average Bonchev–Trinajstić information content (AvgIpc) is 3.22. The summed E-state index contributed by atoms with van der Waals surface area (Å²) in [5.41, 5.74) is -0.756. The first-order valence-electron chi connectivity index (χ1n) is 11.7. The largest absolute Gasteiger partial charge is 0.496 e. The first-order valence-corrected chi connectivity index (χ1v) is 11.7. The maximum Gasteiger partial charge on any atom is 0.416 e. The number of carbonyl (C=O) groups is 2. The van der Waals surface area contributed by atoms with Crippen molar-refractivity contribution in [2.75, 3.05) is 33.3 Å². The van der Waals surface area contributed by atoms with Crippen molar-refractivity contribution in [3.63, 3.8) is 0 Å². The number of ether oxygens (including phenoxy) is 1. The van der Waals surface area contributed by atoms with E-state index in [1.165, 1.54) is 13.2 Å². The van der Waals surface area contributed by atoms with Crippen LogP contribution < -0.4 is 4.74 Å². The van der Waals surface area contributed by atoms with E-state index < -0.39 is 17.2 Å². The molecule has 2 amide bonds. The number of para-hydroxylation sites is 1. The smallest absolute Gasteiger partial charge is 0.416 e. The van der Waals surface area contributed by atoms with Gasteiger partial charge in [0, 0.05) is 26.2 Å². The molecule has 2 aromatic rings. The minimum atomic E-state index is -4.46. The van der Waals surface area contributed by atoms with Gasteiger partial charge in [-0.25, -0.2) is 0 Å². The van der Waals surface area contributed by atoms with Gasteiger partial charge in [-0.05, 0) is 43.0 Å². The molecule has 0 radical (unpaired) electrons. The number of alkyl halides is 3. The number of methoxy groups -OCH3 is 1. The zero-order valence-electron chi connectivity index (χ0n) is 19.2. The van der Waals surface area contributed by atoms with Crippen molar-refractivity contribution in [3.05, 3.63) is 65.2 Å². The van der Waals surface area contributed by atoms with E-state index in [1.54, 1.807) is 40.1 Å². The second kappa shape index (κ2) is 9.68. The fraction of sp³-hybridized carbons (Fsp3) is 0.462. The number of carbonyl (C=O) groups excluding carboxylic acids is 2. The van der Waals surface area contributed by atoms with Crippen LogP contribution in [-0.4, -0.2) is 54.9 Å². The number of hydrogen-bond acceptors (Lipinski definition) is 3. The second-order valence-corrected chi connectivity index (χ2v) is 9.01. The minimum Gasteiger partial charge on any atom is -0.496 e. The third-order valence-electron chi connectivity index (χ3n) is 7.02. The summed E-state index contributed by atoms with van der Waals surface area (Å²) < 4.78 is 45.4. The Morgan fingerprint density at radius 1 is 0.882 bits per heavy atom. The molecule has 2 aliphatic rings. The van der Waals surface area contributed by atoms with Crippen molar-refractivity contribution in [2.24, 2.45) is 0 Å². The minimum absolute atomic E-state index is 0.129. The highest BCUT2D eigenvalue weighted by Crippen LogP contribution is 2.44. The van der Waals surface area contributed by atoms with Crippen LogP contribution in [0, 0.1) is 0 Å². The van der Waals surface area contributed by atoms with Gasteiger partial charge in [-0.15, -0.1) is 0 Å². The summed E-state index contributed by atoms with van der Waals surface area (Å²) in [5, 5.41) is 0. The highest BCUT2D eigenvalue weighted by atomic mass is 19.4. The summed E-state index contributed by atoms with van der Waals surface area (Å²) in [6, 6.07) is 12.3. The molecule has 1 saturated carbocycles. The van der Waals surface area contributed by atoms with Crippen LogP contribution in [0.25, 0.3) is 0 Å². The molecule has 0 aromatic heterocycles. The number of benzene rings is 2. The molecule has 4 rings (SSSR count). The van der Waals surface area contributed by atoms with Gasteiger partial charge in [0.15, 0.2) is 0 Å². The fourth-order valence-corrected chi connectivity index (χ4v) is 5.22. The Labute approximate surface area is 197 Å². The lowest BCUT2D eigenvalue weighted by Gasteiger charge is -2.35. The third-order valence-corrected chi connectivity index (χ3v) is 7.02. The molecule has 182 valence electrons. The molecule has 5 nitrogen and oxygen atoms in total. The summed E-state index contributed by atoms with van der Waals surface area (Å²) in [6.07, 6.45) is -1.18. The zero-order valence-corrected chi connectivity index (χ0v) is 19.2. The molecule has 8 heteroatoms. The Hall–Kier alpha value is -3.03. The van der Waals surface area contributed by atoms with E-state index in [2.05, 4.69) is 0 Å². The summed E-state index contributed by atoms with van der Waals surface area (Å²) in [7, 11) is 1.52. The predicted molar refractivity (Wildman–Crippen MR) is 122 cm³/mol. The van der Waals surface area contributed by atoms with Gasteiger partial charge in [-0.1, -0.05) is 43.2 Å². The van der Waals surface area contributed by atoms with Crippen LogP contribution in [-0.2, 0) is 16.4 Å². The molecule has 0 bridgehead atoms. The van der Waals surface area contributed by atoms with Crippen LogP contribution in [0.15, 0.2) is 48.5 Å². The molecule has 1 heterocycles. The molecular formula is C26H29F3N2O3. The van der Waals surface area contributed by atoms with Gasteiger partial charge >= 0.3 is 6.18 Å². The van der Waals surface area contributed by atoms with Crippen LogP contribution in [0.2, 0.25) is 0 Å². The van der Waals surface area contributed by atoms with Crippen LogP contribution in [0.3, 0.4) is 0 Å². The molecular weight excluding hydrogens is 445 g/mol. The van der Waals surface area contributed by atoms with Crippen LogP contribution >= 0.6 is 0 Å². The topological polar surface area (TPSA) is 49.9 Å². The second-order valence-electron chi connectivity index (χ2n) is 9.01. The maximum atomic E-state index is 13.8. The summed E-state index contributed by atoms with van der Waals surface area (Å²) in [5.74, 6) is 0.218. The van der Waals surface area contributed by atoms with Gasteiger partial charge in [0.1, 0.15) is 5.75 Å². The van der Waals surface area contributed by atoms with Crippen LogP contribution in [0.1, 0.15) is 53.6 Å². The standard InChI is InChI=1S/C26H29F3N2O3/c1-34-22-11-3-2-10-21(22)23(32)30-14-7-15-31(17-16-30)24(33)25(12-4-5-13-25)19-8-6-9-20(18-19)26(27,28)29/h2-3,6,8-11,18H,4-5,7,12-17H2,1H3. The van der Waals surface area contributed by atoms with Crippen molar-refractivity contribution < 1.29 is 27.5 Å². The molecule has 34 heavy (non-hydrogen) atoms. The lowest BCUT2D eigenvalue weighted by molar-refractivity contribution is -0.139.